The average Bonchev–Trinajstić information content (AvgIpc) is 2.39. The number of hydrogen-bond donors (Lipinski definition) is 2. The Morgan fingerprint density at radius 2 is 1.79 bits per heavy atom. The zero-order chi connectivity index (χ0) is 13.8. The molecule has 0 saturated carbocycles. The summed E-state index contributed by atoms with van der Waals surface area (Å²) < 4.78 is 12.2. The van der Waals surface area contributed by atoms with Gasteiger partial charge >= 0.3 is 5.97 Å². The number of hydrogen-bond acceptors (Lipinski definition) is 3. The lowest BCUT2D eigenvalue weighted by molar-refractivity contribution is 0.0697. The number of aromatic carboxylic acids is 1. The standard InChI is InChI=1S/C14H13NO3S/c15-12-8-4-5-10(13(12)14(16)17)9-19(18)11-6-2-1-3-7-11/h1-8H,9,15H2,(H,16,17). The summed E-state index contributed by atoms with van der Waals surface area (Å²) in [6.07, 6.45) is 0. The summed E-state index contributed by atoms with van der Waals surface area (Å²) in [6, 6.07) is 13.8. The van der Waals surface area contributed by atoms with Crippen LogP contribution in [0.4, 0.5) is 5.69 Å². The van der Waals surface area contributed by atoms with Crippen molar-refractivity contribution in [1.82, 2.24) is 0 Å². The molecule has 3 N–H and O–H groups in total. The van der Waals surface area contributed by atoms with E-state index in [1.807, 2.05) is 6.07 Å². The van der Waals surface area contributed by atoms with Gasteiger partial charge < -0.3 is 10.8 Å². The summed E-state index contributed by atoms with van der Waals surface area (Å²) in [5.41, 5.74) is 6.36. The molecular formula is C14H13NO3S. The number of rotatable bonds is 4. The highest BCUT2D eigenvalue weighted by Crippen LogP contribution is 2.20. The van der Waals surface area contributed by atoms with Crippen LogP contribution < -0.4 is 5.73 Å². The first kappa shape index (κ1) is 13.3. The van der Waals surface area contributed by atoms with Crippen molar-refractivity contribution >= 4 is 22.5 Å². The molecule has 0 aliphatic rings. The van der Waals surface area contributed by atoms with E-state index in [4.69, 9.17) is 10.8 Å². The van der Waals surface area contributed by atoms with Crippen molar-refractivity contribution in [3.63, 3.8) is 0 Å². The molecular weight excluding hydrogens is 262 g/mol. The fourth-order valence-corrected chi connectivity index (χ4v) is 2.95. The first-order valence-electron chi connectivity index (χ1n) is 5.63. The monoisotopic (exact) mass is 275 g/mol. The van der Waals surface area contributed by atoms with Crippen molar-refractivity contribution in [2.24, 2.45) is 0 Å². The van der Waals surface area contributed by atoms with Crippen LogP contribution in [0.2, 0.25) is 0 Å². The summed E-state index contributed by atoms with van der Waals surface area (Å²) in [5, 5.41) is 9.15. The van der Waals surface area contributed by atoms with Crippen LogP contribution in [0, 0.1) is 0 Å². The Morgan fingerprint density at radius 1 is 1.11 bits per heavy atom. The molecule has 0 amide bonds. The van der Waals surface area contributed by atoms with Gasteiger partial charge in [0.2, 0.25) is 0 Å². The maximum Gasteiger partial charge on any atom is 0.338 e. The van der Waals surface area contributed by atoms with Crippen LogP contribution in [0.3, 0.4) is 0 Å². The third-order valence-corrected chi connectivity index (χ3v) is 4.06. The Kier molecular flexibility index (Phi) is 3.97. The second-order valence-electron chi connectivity index (χ2n) is 3.99. The Morgan fingerprint density at radius 3 is 2.42 bits per heavy atom. The lowest BCUT2D eigenvalue weighted by Gasteiger charge is -2.08. The van der Waals surface area contributed by atoms with Crippen LogP contribution >= 0.6 is 0 Å². The smallest absolute Gasteiger partial charge is 0.338 e. The van der Waals surface area contributed by atoms with Crippen molar-refractivity contribution in [1.29, 1.82) is 0 Å². The van der Waals surface area contributed by atoms with E-state index in [-0.39, 0.29) is 17.0 Å². The molecule has 0 radical (unpaired) electrons. The third kappa shape index (κ3) is 3.00. The fraction of sp³-hybridized carbons (Fsp3) is 0.0714. The predicted molar refractivity (Wildman–Crippen MR) is 74.4 cm³/mol. The van der Waals surface area contributed by atoms with Gasteiger partial charge in [-0.25, -0.2) is 4.79 Å². The van der Waals surface area contributed by atoms with Crippen molar-refractivity contribution in [3.8, 4) is 0 Å². The van der Waals surface area contributed by atoms with E-state index in [1.54, 1.807) is 36.4 Å². The molecule has 0 spiro atoms. The third-order valence-electron chi connectivity index (χ3n) is 2.69. The minimum Gasteiger partial charge on any atom is -0.478 e. The van der Waals surface area contributed by atoms with Gasteiger partial charge in [0.05, 0.1) is 22.1 Å². The maximum atomic E-state index is 12.2. The normalized spacial score (nSPS) is 12.0. The van der Waals surface area contributed by atoms with Crippen LogP contribution in [-0.4, -0.2) is 15.3 Å². The molecule has 0 aromatic heterocycles. The van der Waals surface area contributed by atoms with E-state index >= 15 is 0 Å². The van der Waals surface area contributed by atoms with Gasteiger partial charge in [0.1, 0.15) is 0 Å². The second kappa shape index (κ2) is 5.67. The molecule has 5 heteroatoms. The Balaban J connectivity index is 2.32. The van der Waals surface area contributed by atoms with Gasteiger partial charge in [0.25, 0.3) is 0 Å². The molecule has 0 heterocycles. The van der Waals surface area contributed by atoms with Gasteiger partial charge in [-0.15, -0.1) is 0 Å². The summed E-state index contributed by atoms with van der Waals surface area (Å²) in [6.45, 7) is 0. The molecule has 1 unspecified atom stereocenters. The lowest BCUT2D eigenvalue weighted by atomic mass is 10.1. The quantitative estimate of drug-likeness (QED) is 0.839. The topological polar surface area (TPSA) is 80.4 Å². The molecule has 19 heavy (non-hydrogen) atoms. The zero-order valence-electron chi connectivity index (χ0n) is 10.1. The van der Waals surface area contributed by atoms with Gasteiger partial charge in [0.15, 0.2) is 0 Å². The second-order valence-corrected chi connectivity index (χ2v) is 5.44. The van der Waals surface area contributed by atoms with Crippen molar-refractivity contribution < 1.29 is 14.1 Å². The van der Waals surface area contributed by atoms with Crippen LogP contribution in [0.5, 0.6) is 0 Å². The summed E-state index contributed by atoms with van der Waals surface area (Å²) in [4.78, 5) is 11.8. The Bertz CT molecular complexity index is 626. The molecule has 4 nitrogen and oxygen atoms in total. The fourth-order valence-electron chi connectivity index (χ4n) is 1.80. The van der Waals surface area contributed by atoms with Crippen molar-refractivity contribution in [2.45, 2.75) is 10.6 Å². The summed E-state index contributed by atoms with van der Waals surface area (Å²) >= 11 is 0. The van der Waals surface area contributed by atoms with Crippen LogP contribution in [-0.2, 0) is 16.6 Å². The highest BCUT2D eigenvalue weighted by atomic mass is 32.2. The minimum atomic E-state index is -1.29. The van der Waals surface area contributed by atoms with E-state index < -0.39 is 16.8 Å². The molecule has 1 atom stereocenters. The zero-order valence-corrected chi connectivity index (χ0v) is 10.9. The maximum absolute atomic E-state index is 12.2. The molecule has 2 aromatic carbocycles. The molecule has 0 fully saturated rings. The van der Waals surface area contributed by atoms with Gasteiger partial charge in [0, 0.05) is 10.6 Å². The molecule has 0 bridgehead atoms. The number of carboxylic acid groups (broad SMARTS) is 1. The predicted octanol–water partition coefficient (Wildman–Crippen LogP) is 2.27. The van der Waals surface area contributed by atoms with E-state index in [9.17, 15) is 9.00 Å². The first-order chi connectivity index (χ1) is 9.09. The average molecular weight is 275 g/mol. The molecule has 0 aliphatic heterocycles. The summed E-state index contributed by atoms with van der Waals surface area (Å²) in [5.74, 6) is -0.963. The van der Waals surface area contributed by atoms with Crippen molar-refractivity contribution in [2.75, 3.05) is 5.73 Å². The minimum absolute atomic E-state index is 0.0341. The van der Waals surface area contributed by atoms with Crippen LogP contribution in [0.25, 0.3) is 0 Å². The first-order valence-corrected chi connectivity index (χ1v) is 6.95. The number of nitrogen functional groups attached to an aromatic ring is 1. The Hall–Kier alpha value is -2.14. The highest BCUT2D eigenvalue weighted by Gasteiger charge is 2.16. The molecule has 2 aromatic rings. The van der Waals surface area contributed by atoms with E-state index in [0.29, 0.717) is 10.5 Å². The van der Waals surface area contributed by atoms with E-state index in [2.05, 4.69) is 0 Å². The summed E-state index contributed by atoms with van der Waals surface area (Å²) in [7, 11) is -1.29. The van der Waals surface area contributed by atoms with Crippen LogP contribution in [0.1, 0.15) is 15.9 Å². The molecule has 98 valence electrons. The van der Waals surface area contributed by atoms with Gasteiger partial charge in [-0.05, 0) is 23.8 Å². The number of anilines is 1. The molecule has 2 rings (SSSR count). The lowest BCUT2D eigenvalue weighted by Crippen LogP contribution is -2.09. The Labute approximate surface area is 113 Å². The van der Waals surface area contributed by atoms with Crippen molar-refractivity contribution in [3.05, 3.63) is 59.7 Å². The number of nitrogens with two attached hydrogens (primary N) is 1. The van der Waals surface area contributed by atoms with Gasteiger partial charge in [-0.2, -0.15) is 0 Å². The largest absolute Gasteiger partial charge is 0.478 e. The molecule has 0 aliphatic carbocycles. The van der Waals surface area contributed by atoms with Crippen LogP contribution in [0.15, 0.2) is 53.4 Å². The number of carbonyl (C=O) groups is 1. The van der Waals surface area contributed by atoms with Gasteiger partial charge in [-0.3, -0.25) is 4.21 Å². The highest BCUT2D eigenvalue weighted by molar-refractivity contribution is 7.84. The number of benzene rings is 2. The molecule has 0 saturated heterocycles. The number of carboxylic acids is 1. The van der Waals surface area contributed by atoms with Gasteiger partial charge in [-0.1, -0.05) is 30.3 Å². The van der Waals surface area contributed by atoms with E-state index in [1.165, 1.54) is 6.07 Å². The van der Waals surface area contributed by atoms with E-state index in [0.717, 1.165) is 0 Å². The SMILES string of the molecule is Nc1cccc(CS(=O)c2ccccc2)c1C(=O)O.